The molecule has 2 rings (SSSR count). The highest BCUT2D eigenvalue weighted by molar-refractivity contribution is 5.50. The zero-order valence-corrected chi connectivity index (χ0v) is 11.7. The number of nitriles is 2. The van der Waals surface area contributed by atoms with E-state index in [4.69, 9.17) is 16.3 Å². The first-order valence-corrected chi connectivity index (χ1v) is 6.45. The van der Waals surface area contributed by atoms with Crippen LogP contribution in [0.3, 0.4) is 0 Å². The molecular weight excluding hydrogens is 266 g/mol. The Bertz CT molecular complexity index is 688. The summed E-state index contributed by atoms with van der Waals surface area (Å²) in [7, 11) is 1.93. The Kier molecular flexibility index (Phi) is 4.37. The molecule has 2 heterocycles. The standard InChI is InChI=1S/C14H15N7/c1-21(13-5-4-10(7-15)9-18-13)6-2-3-12-11(8-16)14(17)20-19-12/h4-5,9H,2-3,6H2,1H3,(H3,17,19,20). The van der Waals surface area contributed by atoms with Gasteiger partial charge in [-0.2, -0.15) is 15.6 Å². The number of hydrogen-bond acceptors (Lipinski definition) is 6. The molecule has 0 radical (unpaired) electrons. The summed E-state index contributed by atoms with van der Waals surface area (Å²) in [4.78, 5) is 6.22. The van der Waals surface area contributed by atoms with Crippen LogP contribution in [0, 0.1) is 22.7 Å². The predicted octanol–water partition coefficient (Wildman–Crippen LogP) is 1.20. The number of nitrogens with zero attached hydrogens (tertiary/aromatic N) is 5. The van der Waals surface area contributed by atoms with Gasteiger partial charge >= 0.3 is 0 Å². The third-order valence-corrected chi connectivity index (χ3v) is 3.17. The maximum Gasteiger partial charge on any atom is 0.163 e. The second kappa shape index (κ2) is 6.40. The number of nitrogen functional groups attached to an aromatic ring is 1. The maximum atomic E-state index is 8.99. The van der Waals surface area contributed by atoms with Gasteiger partial charge in [0.2, 0.25) is 0 Å². The average Bonchev–Trinajstić information content (AvgIpc) is 2.87. The number of pyridine rings is 1. The largest absolute Gasteiger partial charge is 0.381 e. The van der Waals surface area contributed by atoms with E-state index in [2.05, 4.69) is 21.3 Å². The van der Waals surface area contributed by atoms with Gasteiger partial charge in [0, 0.05) is 19.8 Å². The summed E-state index contributed by atoms with van der Waals surface area (Å²) in [5, 5.41) is 24.3. The van der Waals surface area contributed by atoms with Crippen molar-refractivity contribution in [3.8, 4) is 12.1 Å². The molecule has 3 N–H and O–H groups in total. The number of H-pyrrole nitrogens is 1. The lowest BCUT2D eigenvalue weighted by Gasteiger charge is -2.17. The van der Waals surface area contributed by atoms with Gasteiger partial charge in [-0.05, 0) is 25.0 Å². The van der Waals surface area contributed by atoms with Crippen LogP contribution >= 0.6 is 0 Å². The third-order valence-electron chi connectivity index (χ3n) is 3.17. The summed E-state index contributed by atoms with van der Waals surface area (Å²) < 4.78 is 0. The van der Waals surface area contributed by atoms with E-state index in [0.29, 0.717) is 17.5 Å². The van der Waals surface area contributed by atoms with Gasteiger partial charge in [0.25, 0.3) is 0 Å². The average molecular weight is 281 g/mol. The first-order valence-electron chi connectivity index (χ1n) is 6.45. The lowest BCUT2D eigenvalue weighted by molar-refractivity contribution is 0.759. The van der Waals surface area contributed by atoms with Crippen molar-refractivity contribution in [2.45, 2.75) is 12.8 Å². The van der Waals surface area contributed by atoms with Gasteiger partial charge in [-0.25, -0.2) is 4.98 Å². The van der Waals surface area contributed by atoms with Crippen LogP contribution in [0.25, 0.3) is 0 Å². The number of aromatic nitrogens is 3. The zero-order valence-electron chi connectivity index (χ0n) is 11.7. The Morgan fingerprint density at radius 3 is 2.76 bits per heavy atom. The van der Waals surface area contributed by atoms with E-state index in [9.17, 15) is 0 Å². The quantitative estimate of drug-likeness (QED) is 0.850. The van der Waals surface area contributed by atoms with Crippen LogP contribution in [0.5, 0.6) is 0 Å². The van der Waals surface area contributed by atoms with Crippen molar-refractivity contribution < 1.29 is 0 Å². The van der Waals surface area contributed by atoms with Crippen molar-refractivity contribution in [2.24, 2.45) is 0 Å². The number of rotatable bonds is 5. The van der Waals surface area contributed by atoms with E-state index < -0.39 is 0 Å². The van der Waals surface area contributed by atoms with E-state index in [-0.39, 0.29) is 5.82 Å². The molecule has 0 spiro atoms. The molecule has 0 bridgehead atoms. The third kappa shape index (κ3) is 3.28. The van der Waals surface area contributed by atoms with E-state index in [0.717, 1.165) is 24.5 Å². The molecule has 0 unspecified atom stereocenters. The zero-order chi connectivity index (χ0) is 15.2. The highest BCUT2D eigenvalue weighted by atomic mass is 15.2. The fraction of sp³-hybridized carbons (Fsp3) is 0.286. The van der Waals surface area contributed by atoms with Crippen LogP contribution in [0.4, 0.5) is 11.6 Å². The first-order chi connectivity index (χ1) is 10.2. The van der Waals surface area contributed by atoms with Crippen molar-refractivity contribution in [1.82, 2.24) is 15.2 Å². The topological polar surface area (TPSA) is 118 Å². The van der Waals surface area contributed by atoms with Crippen molar-refractivity contribution in [1.29, 1.82) is 10.5 Å². The van der Waals surface area contributed by atoms with Crippen LogP contribution in [0.2, 0.25) is 0 Å². The summed E-state index contributed by atoms with van der Waals surface area (Å²) in [6, 6.07) is 7.64. The van der Waals surface area contributed by atoms with Crippen molar-refractivity contribution in [3.05, 3.63) is 35.2 Å². The summed E-state index contributed by atoms with van der Waals surface area (Å²) in [6.07, 6.45) is 3.07. The van der Waals surface area contributed by atoms with Crippen molar-refractivity contribution >= 4 is 11.6 Å². The number of nitrogens with two attached hydrogens (primary N) is 1. The minimum Gasteiger partial charge on any atom is -0.381 e. The van der Waals surface area contributed by atoms with Gasteiger partial charge < -0.3 is 10.6 Å². The lowest BCUT2D eigenvalue weighted by atomic mass is 10.1. The van der Waals surface area contributed by atoms with E-state index in [1.54, 1.807) is 12.3 Å². The van der Waals surface area contributed by atoms with Crippen LogP contribution in [-0.2, 0) is 6.42 Å². The molecule has 0 fully saturated rings. The maximum absolute atomic E-state index is 8.99. The molecule has 0 saturated heterocycles. The fourth-order valence-corrected chi connectivity index (χ4v) is 1.99. The van der Waals surface area contributed by atoms with Crippen LogP contribution in [-0.4, -0.2) is 28.8 Å². The normalized spacial score (nSPS) is 9.86. The van der Waals surface area contributed by atoms with Crippen molar-refractivity contribution in [3.63, 3.8) is 0 Å². The number of hydrogen-bond donors (Lipinski definition) is 2. The molecule has 7 nitrogen and oxygen atoms in total. The molecule has 0 aliphatic rings. The molecule has 0 aliphatic carbocycles. The highest BCUT2D eigenvalue weighted by Crippen LogP contribution is 2.14. The molecule has 0 aromatic carbocycles. The number of aryl methyl sites for hydroxylation is 1. The van der Waals surface area contributed by atoms with Gasteiger partial charge in [0.05, 0.1) is 11.3 Å². The van der Waals surface area contributed by atoms with E-state index in [1.165, 1.54) is 0 Å². The Hall–Kier alpha value is -3.06. The molecule has 21 heavy (non-hydrogen) atoms. The minimum atomic E-state index is 0.245. The fourth-order valence-electron chi connectivity index (χ4n) is 1.99. The monoisotopic (exact) mass is 281 g/mol. The molecule has 7 heteroatoms. The molecule has 0 aliphatic heterocycles. The van der Waals surface area contributed by atoms with E-state index in [1.807, 2.05) is 24.1 Å². The summed E-state index contributed by atoms with van der Waals surface area (Å²) in [6.45, 7) is 0.767. The van der Waals surface area contributed by atoms with Crippen LogP contribution in [0.15, 0.2) is 18.3 Å². The molecule has 0 atom stereocenters. The Balaban J connectivity index is 1.91. The van der Waals surface area contributed by atoms with E-state index >= 15 is 0 Å². The Morgan fingerprint density at radius 1 is 1.33 bits per heavy atom. The number of aromatic amines is 1. The molecular formula is C14H15N7. The Morgan fingerprint density at radius 2 is 2.14 bits per heavy atom. The second-order valence-electron chi connectivity index (χ2n) is 4.62. The molecule has 0 saturated carbocycles. The summed E-state index contributed by atoms with van der Waals surface area (Å²) in [5.41, 5.74) is 7.32. The van der Waals surface area contributed by atoms with Crippen molar-refractivity contribution in [2.75, 3.05) is 24.2 Å². The summed E-state index contributed by atoms with van der Waals surface area (Å²) >= 11 is 0. The lowest BCUT2D eigenvalue weighted by Crippen LogP contribution is -2.20. The molecule has 0 amide bonds. The van der Waals surface area contributed by atoms with Gasteiger partial charge in [0.1, 0.15) is 23.5 Å². The number of anilines is 2. The highest BCUT2D eigenvalue weighted by Gasteiger charge is 2.10. The molecule has 2 aromatic heterocycles. The minimum absolute atomic E-state index is 0.245. The Labute approximate surface area is 122 Å². The SMILES string of the molecule is CN(CCCc1[nH]nc(N)c1C#N)c1ccc(C#N)cn1. The molecule has 106 valence electrons. The first kappa shape index (κ1) is 14.4. The van der Waals surface area contributed by atoms with Crippen LogP contribution < -0.4 is 10.6 Å². The smallest absolute Gasteiger partial charge is 0.163 e. The van der Waals surface area contributed by atoms with Crippen LogP contribution in [0.1, 0.15) is 23.2 Å². The molecule has 2 aromatic rings. The predicted molar refractivity (Wildman–Crippen MR) is 78.3 cm³/mol. The summed E-state index contributed by atoms with van der Waals surface area (Å²) in [5.74, 6) is 1.05. The van der Waals surface area contributed by atoms with Gasteiger partial charge in [-0.3, -0.25) is 5.10 Å². The number of nitrogens with one attached hydrogen (secondary N) is 1. The van der Waals surface area contributed by atoms with Gasteiger partial charge in [0.15, 0.2) is 5.82 Å². The van der Waals surface area contributed by atoms with Gasteiger partial charge in [-0.1, -0.05) is 0 Å². The second-order valence-corrected chi connectivity index (χ2v) is 4.62. The van der Waals surface area contributed by atoms with Gasteiger partial charge in [-0.15, -0.1) is 0 Å².